The molecule has 0 unspecified atom stereocenters. The van der Waals surface area contributed by atoms with Crippen molar-refractivity contribution in [1.82, 2.24) is 5.32 Å². The van der Waals surface area contributed by atoms with Gasteiger partial charge in [-0.25, -0.2) is 0 Å². The van der Waals surface area contributed by atoms with Crippen molar-refractivity contribution in [3.8, 4) is 0 Å². The molecule has 0 spiro atoms. The highest BCUT2D eigenvalue weighted by Gasteiger charge is 2.36. The number of benzene rings is 2. The third-order valence-corrected chi connectivity index (χ3v) is 5.45. The quantitative estimate of drug-likeness (QED) is 0.836. The lowest BCUT2D eigenvalue weighted by Crippen LogP contribution is -2.32. The van der Waals surface area contributed by atoms with Crippen molar-refractivity contribution in [3.05, 3.63) is 65.2 Å². The smallest absolute Gasteiger partial charge is 0.227 e. The molecule has 1 heterocycles. The Morgan fingerprint density at radius 2 is 1.89 bits per heavy atom. The monoisotopic (exact) mass is 364 g/mol. The van der Waals surface area contributed by atoms with Gasteiger partial charge in [-0.05, 0) is 36.5 Å². The van der Waals surface area contributed by atoms with Crippen LogP contribution in [-0.2, 0) is 16.1 Å². The molecule has 1 N–H and O–H groups in total. The highest BCUT2D eigenvalue weighted by molar-refractivity contribution is 6.00. The number of rotatable bonds is 6. The molecule has 0 aromatic heterocycles. The minimum atomic E-state index is -0.298. The maximum Gasteiger partial charge on any atom is 0.227 e. The largest absolute Gasteiger partial charge is 0.352 e. The molecule has 4 heteroatoms. The molecule has 0 radical (unpaired) electrons. The van der Waals surface area contributed by atoms with E-state index in [9.17, 15) is 9.59 Å². The molecule has 27 heavy (non-hydrogen) atoms. The van der Waals surface area contributed by atoms with Crippen LogP contribution in [0.2, 0.25) is 0 Å². The summed E-state index contributed by atoms with van der Waals surface area (Å²) >= 11 is 0. The highest BCUT2D eigenvalue weighted by atomic mass is 16.2. The molecule has 0 saturated carbocycles. The summed E-state index contributed by atoms with van der Waals surface area (Å²) in [6, 6.07) is 16.2. The van der Waals surface area contributed by atoms with E-state index in [0.29, 0.717) is 19.0 Å². The summed E-state index contributed by atoms with van der Waals surface area (Å²) in [5, 5.41) is 2.98. The molecule has 2 aromatic rings. The lowest BCUT2D eigenvalue weighted by Gasteiger charge is -2.23. The maximum absolute atomic E-state index is 12.6. The minimum absolute atomic E-state index is 0.0289. The van der Waals surface area contributed by atoms with Crippen LogP contribution in [0.25, 0.3) is 0 Å². The van der Waals surface area contributed by atoms with Gasteiger partial charge in [0.05, 0.1) is 5.92 Å². The fourth-order valence-corrected chi connectivity index (χ4v) is 3.53. The molecule has 142 valence electrons. The molecular weight excluding hydrogens is 336 g/mol. The van der Waals surface area contributed by atoms with Crippen LogP contribution >= 0.6 is 0 Å². The van der Waals surface area contributed by atoms with Gasteiger partial charge in [-0.15, -0.1) is 0 Å². The molecule has 2 atom stereocenters. The number of anilines is 1. The highest BCUT2D eigenvalue weighted by Crippen LogP contribution is 2.33. The Hall–Kier alpha value is -2.62. The van der Waals surface area contributed by atoms with Gasteiger partial charge in [0, 0.05) is 25.2 Å². The van der Waals surface area contributed by atoms with Crippen LogP contribution in [-0.4, -0.2) is 18.4 Å². The first-order valence-electron chi connectivity index (χ1n) is 9.72. The second-order valence-electron chi connectivity index (χ2n) is 7.48. The van der Waals surface area contributed by atoms with Gasteiger partial charge in [0.1, 0.15) is 0 Å². The second-order valence-corrected chi connectivity index (χ2v) is 7.48. The zero-order chi connectivity index (χ0) is 19.4. The lowest BCUT2D eigenvalue weighted by atomic mass is 9.96. The number of nitrogens with zero attached hydrogens (tertiary/aromatic N) is 1. The van der Waals surface area contributed by atoms with Crippen molar-refractivity contribution < 1.29 is 9.59 Å². The van der Waals surface area contributed by atoms with Crippen LogP contribution in [0.1, 0.15) is 49.3 Å². The third kappa shape index (κ3) is 4.38. The first kappa shape index (κ1) is 19.2. The average molecular weight is 364 g/mol. The Bertz CT molecular complexity index is 813. The van der Waals surface area contributed by atoms with E-state index in [1.165, 1.54) is 11.1 Å². The van der Waals surface area contributed by atoms with Crippen LogP contribution in [0.4, 0.5) is 5.69 Å². The molecule has 0 bridgehead atoms. The first-order chi connectivity index (χ1) is 13.0. The van der Waals surface area contributed by atoms with Gasteiger partial charge in [0.15, 0.2) is 0 Å². The Labute approximate surface area is 161 Å². The van der Waals surface area contributed by atoms with E-state index in [1.54, 1.807) is 4.90 Å². The van der Waals surface area contributed by atoms with Crippen LogP contribution in [0.15, 0.2) is 48.5 Å². The molecule has 2 aromatic carbocycles. The van der Waals surface area contributed by atoms with E-state index in [1.807, 2.05) is 49.4 Å². The molecular formula is C23H28N2O2. The normalized spacial score (nSPS) is 17.8. The Morgan fingerprint density at radius 1 is 1.19 bits per heavy atom. The van der Waals surface area contributed by atoms with Gasteiger partial charge in [-0.1, -0.05) is 61.9 Å². The summed E-state index contributed by atoms with van der Waals surface area (Å²) in [5.74, 6) is 0.0602. The van der Waals surface area contributed by atoms with Crippen LogP contribution in [0, 0.1) is 12.8 Å². The maximum atomic E-state index is 12.6. The zero-order valence-corrected chi connectivity index (χ0v) is 16.4. The van der Waals surface area contributed by atoms with Gasteiger partial charge in [-0.3, -0.25) is 9.59 Å². The molecule has 1 fully saturated rings. The molecule has 1 aliphatic heterocycles. The van der Waals surface area contributed by atoms with E-state index < -0.39 is 0 Å². The Morgan fingerprint density at radius 3 is 2.59 bits per heavy atom. The van der Waals surface area contributed by atoms with E-state index in [-0.39, 0.29) is 24.2 Å². The summed E-state index contributed by atoms with van der Waals surface area (Å²) < 4.78 is 0. The van der Waals surface area contributed by atoms with Crippen molar-refractivity contribution in [1.29, 1.82) is 0 Å². The summed E-state index contributed by atoms with van der Waals surface area (Å²) in [6.45, 7) is 7.30. The molecule has 0 aliphatic carbocycles. The van der Waals surface area contributed by atoms with Crippen LogP contribution in [0.3, 0.4) is 0 Å². The first-order valence-corrected chi connectivity index (χ1v) is 9.72. The molecule has 2 amide bonds. The number of nitrogens with one attached hydrogen (secondary N) is 1. The number of para-hydroxylation sites is 1. The lowest BCUT2D eigenvalue weighted by molar-refractivity contribution is -0.126. The Kier molecular flexibility index (Phi) is 5.94. The SMILES string of the molecule is CC[C@H](C)c1ccccc1N1C[C@@H](C(=O)NCc2ccc(C)cc2)CC1=O. The number of hydrogen-bond donors (Lipinski definition) is 1. The summed E-state index contributed by atoms with van der Waals surface area (Å²) in [6.07, 6.45) is 1.29. The van der Waals surface area contributed by atoms with Crippen LogP contribution < -0.4 is 10.2 Å². The number of carbonyl (C=O) groups is 2. The zero-order valence-electron chi connectivity index (χ0n) is 16.4. The molecule has 4 nitrogen and oxygen atoms in total. The fraction of sp³-hybridized carbons (Fsp3) is 0.391. The van der Waals surface area contributed by atoms with Crippen molar-refractivity contribution >= 4 is 17.5 Å². The standard InChI is InChI=1S/C23H28N2O2/c1-4-17(3)20-7-5-6-8-21(20)25-15-19(13-22(25)26)23(27)24-14-18-11-9-16(2)10-12-18/h5-12,17,19H,4,13-15H2,1-3H3,(H,24,27)/t17-,19-/m0/s1. The third-order valence-electron chi connectivity index (χ3n) is 5.45. The number of aryl methyl sites for hydroxylation is 1. The average Bonchev–Trinajstić information content (AvgIpc) is 3.08. The summed E-state index contributed by atoms with van der Waals surface area (Å²) in [7, 11) is 0. The number of carbonyl (C=O) groups excluding carboxylic acids is 2. The molecule has 1 saturated heterocycles. The van der Waals surface area contributed by atoms with Crippen molar-refractivity contribution in [2.24, 2.45) is 5.92 Å². The van der Waals surface area contributed by atoms with Gasteiger partial charge in [0.2, 0.25) is 11.8 Å². The minimum Gasteiger partial charge on any atom is -0.352 e. The van der Waals surface area contributed by atoms with Crippen molar-refractivity contribution in [3.63, 3.8) is 0 Å². The van der Waals surface area contributed by atoms with Crippen molar-refractivity contribution in [2.75, 3.05) is 11.4 Å². The number of hydrogen-bond acceptors (Lipinski definition) is 2. The second kappa shape index (κ2) is 8.38. The van der Waals surface area contributed by atoms with Gasteiger partial charge >= 0.3 is 0 Å². The molecule has 1 aliphatic rings. The van der Waals surface area contributed by atoms with Gasteiger partial charge in [0.25, 0.3) is 0 Å². The summed E-state index contributed by atoms with van der Waals surface area (Å²) in [5.41, 5.74) is 4.39. The Balaban J connectivity index is 1.67. The van der Waals surface area contributed by atoms with Crippen molar-refractivity contribution in [2.45, 2.75) is 46.1 Å². The van der Waals surface area contributed by atoms with E-state index in [0.717, 1.165) is 17.7 Å². The fourth-order valence-electron chi connectivity index (χ4n) is 3.53. The van der Waals surface area contributed by atoms with E-state index in [4.69, 9.17) is 0 Å². The predicted molar refractivity (Wildman–Crippen MR) is 109 cm³/mol. The van der Waals surface area contributed by atoms with Gasteiger partial charge < -0.3 is 10.2 Å². The molecule has 3 rings (SSSR count). The summed E-state index contributed by atoms with van der Waals surface area (Å²) in [4.78, 5) is 27.0. The van der Waals surface area contributed by atoms with E-state index >= 15 is 0 Å². The van der Waals surface area contributed by atoms with Crippen LogP contribution in [0.5, 0.6) is 0 Å². The topological polar surface area (TPSA) is 49.4 Å². The van der Waals surface area contributed by atoms with Gasteiger partial charge in [-0.2, -0.15) is 0 Å². The number of amides is 2. The van der Waals surface area contributed by atoms with E-state index in [2.05, 4.69) is 25.2 Å². The predicted octanol–water partition coefficient (Wildman–Crippen LogP) is 4.18.